The lowest BCUT2D eigenvalue weighted by Crippen LogP contribution is -2.23. The van der Waals surface area contributed by atoms with Gasteiger partial charge in [0.05, 0.1) is 31.9 Å². The van der Waals surface area contributed by atoms with Gasteiger partial charge >= 0.3 is 0 Å². The average molecular weight is 372 g/mol. The number of benzene rings is 2. The Kier molecular flexibility index (Phi) is 6.03. The van der Waals surface area contributed by atoms with Gasteiger partial charge in [-0.05, 0) is 29.8 Å². The largest absolute Gasteiger partial charge is 0.493 e. The van der Waals surface area contributed by atoms with Crippen LogP contribution in [0, 0.1) is 11.6 Å². The predicted molar refractivity (Wildman–Crippen MR) is 88.6 cm³/mol. The highest BCUT2D eigenvalue weighted by Crippen LogP contribution is 2.38. The van der Waals surface area contributed by atoms with Gasteiger partial charge in [0.2, 0.25) is 5.75 Å². The first-order valence-electron chi connectivity index (χ1n) is 7.12. The molecule has 1 N–H and O–H groups in total. The van der Waals surface area contributed by atoms with Gasteiger partial charge in [0.25, 0.3) is 5.91 Å². The molecule has 2 aromatic carbocycles. The van der Waals surface area contributed by atoms with Crippen molar-refractivity contribution in [3.63, 3.8) is 0 Å². The van der Waals surface area contributed by atoms with E-state index in [2.05, 4.69) is 5.32 Å². The molecule has 0 spiro atoms. The van der Waals surface area contributed by atoms with E-state index in [1.54, 1.807) is 12.1 Å². The van der Waals surface area contributed by atoms with Crippen molar-refractivity contribution in [3.05, 3.63) is 52.0 Å². The normalized spacial score (nSPS) is 10.3. The third-order valence-corrected chi connectivity index (χ3v) is 3.74. The van der Waals surface area contributed by atoms with E-state index >= 15 is 0 Å². The first kappa shape index (κ1) is 18.8. The molecular formula is C17H16ClF2NO4. The molecule has 2 rings (SSSR count). The number of halogens is 3. The third-order valence-electron chi connectivity index (χ3n) is 3.43. The number of hydrogen-bond acceptors (Lipinski definition) is 4. The third kappa shape index (κ3) is 4.11. The molecule has 0 saturated carbocycles. The average Bonchev–Trinajstić information content (AvgIpc) is 2.61. The van der Waals surface area contributed by atoms with Crippen molar-refractivity contribution in [1.29, 1.82) is 0 Å². The van der Waals surface area contributed by atoms with Gasteiger partial charge in [0.1, 0.15) is 0 Å². The molecule has 134 valence electrons. The minimum absolute atomic E-state index is 0.0882. The van der Waals surface area contributed by atoms with Crippen LogP contribution in [-0.2, 0) is 6.54 Å². The van der Waals surface area contributed by atoms with Gasteiger partial charge in [-0.15, -0.1) is 0 Å². The number of amides is 1. The number of hydrogen-bond donors (Lipinski definition) is 1. The highest BCUT2D eigenvalue weighted by molar-refractivity contribution is 6.33. The molecule has 0 saturated heterocycles. The fourth-order valence-electron chi connectivity index (χ4n) is 2.21. The fraction of sp³-hybridized carbons (Fsp3) is 0.235. The molecule has 0 aliphatic carbocycles. The molecule has 0 atom stereocenters. The Morgan fingerprint density at radius 2 is 1.56 bits per heavy atom. The van der Waals surface area contributed by atoms with Crippen molar-refractivity contribution in [1.82, 2.24) is 5.32 Å². The Balaban J connectivity index is 2.21. The first-order valence-corrected chi connectivity index (χ1v) is 7.50. The van der Waals surface area contributed by atoms with Crippen LogP contribution in [0.25, 0.3) is 0 Å². The summed E-state index contributed by atoms with van der Waals surface area (Å²) in [5, 5.41) is 2.40. The standard InChI is InChI=1S/C17H16ClF2NO4/c1-23-14-4-9(5-15(24-2)16(14)25-3)8-21-17(22)10-6-12(19)13(20)7-11(10)18/h4-7H,8H2,1-3H3,(H,21,22). The molecule has 0 radical (unpaired) electrons. The molecule has 0 fully saturated rings. The zero-order valence-corrected chi connectivity index (χ0v) is 14.5. The molecule has 25 heavy (non-hydrogen) atoms. The first-order chi connectivity index (χ1) is 11.9. The van der Waals surface area contributed by atoms with E-state index in [4.69, 9.17) is 25.8 Å². The molecule has 0 heterocycles. The maximum atomic E-state index is 13.3. The summed E-state index contributed by atoms with van der Waals surface area (Å²) in [6.45, 7) is 0.0882. The molecular weight excluding hydrogens is 356 g/mol. The van der Waals surface area contributed by atoms with E-state index in [0.717, 1.165) is 12.1 Å². The highest BCUT2D eigenvalue weighted by Gasteiger charge is 2.17. The monoisotopic (exact) mass is 371 g/mol. The molecule has 0 bridgehead atoms. The number of carbonyl (C=O) groups is 1. The van der Waals surface area contributed by atoms with Gasteiger partial charge in [-0.1, -0.05) is 11.6 Å². The SMILES string of the molecule is COc1cc(CNC(=O)c2cc(F)c(F)cc2Cl)cc(OC)c1OC. The van der Waals surface area contributed by atoms with Gasteiger partial charge in [-0.2, -0.15) is 0 Å². The number of ether oxygens (including phenoxy) is 3. The number of methoxy groups -OCH3 is 3. The van der Waals surface area contributed by atoms with Crippen molar-refractivity contribution in [2.45, 2.75) is 6.54 Å². The van der Waals surface area contributed by atoms with E-state index in [-0.39, 0.29) is 17.1 Å². The molecule has 2 aromatic rings. The van der Waals surface area contributed by atoms with Crippen LogP contribution in [0.4, 0.5) is 8.78 Å². The summed E-state index contributed by atoms with van der Waals surface area (Å²) < 4.78 is 42.1. The predicted octanol–water partition coefficient (Wildman–Crippen LogP) is 3.57. The van der Waals surface area contributed by atoms with E-state index in [0.29, 0.717) is 22.8 Å². The van der Waals surface area contributed by atoms with Crippen LogP contribution in [0.5, 0.6) is 17.2 Å². The summed E-state index contributed by atoms with van der Waals surface area (Å²) in [5.41, 5.74) is 0.495. The maximum Gasteiger partial charge on any atom is 0.253 e. The van der Waals surface area contributed by atoms with E-state index in [9.17, 15) is 13.6 Å². The Bertz CT molecular complexity index is 773. The number of carbonyl (C=O) groups excluding carboxylic acids is 1. The highest BCUT2D eigenvalue weighted by atomic mass is 35.5. The van der Waals surface area contributed by atoms with Crippen LogP contribution in [0.3, 0.4) is 0 Å². The quantitative estimate of drug-likeness (QED) is 0.789. The smallest absolute Gasteiger partial charge is 0.253 e. The van der Waals surface area contributed by atoms with Gasteiger partial charge < -0.3 is 19.5 Å². The Morgan fingerprint density at radius 3 is 2.08 bits per heavy atom. The molecule has 0 aliphatic heterocycles. The van der Waals surface area contributed by atoms with Crippen molar-refractivity contribution in [3.8, 4) is 17.2 Å². The van der Waals surface area contributed by atoms with Crippen molar-refractivity contribution in [2.24, 2.45) is 0 Å². The van der Waals surface area contributed by atoms with E-state index in [1.165, 1.54) is 21.3 Å². The van der Waals surface area contributed by atoms with E-state index < -0.39 is 17.5 Å². The zero-order valence-electron chi connectivity index (χ0n) is 13.8. The summed E-state index contributed by atoms with van der Waals surface area (Å²) >= 11 is 5.79. The second-order valence-corrected chi connectivity index (χ2v) is 5.37. The summed E-state index contributed by atoms with van der Waals surface area (Å²) in [6, 6.07) is 4.83. The van der Waals surface area contributed by atoms with Gasteiger partial charge in [0, 0.05) is 6.54 Å². The van der Waals surface area contributed by atoms with Crippen LogP contribution in [-0.4, -0.2) is 27.2 Å². The van der Waals surface area contributed by atoms with Gasteiger partial charge in [-0.25, -0.2) is 8.78 Å². The van der Waals surface area contributed by atoms with Gasteiger partial charge in [0.15, 0.2) is 23.1 Å². The minimum atomic E-state index is -1.15. The lowest BCUT2D eigenvalue weighted by molar-refractivity contribution is 0.0950. The summed E-state index contributed by atoms with van der Waals surface area (Å²) in [6.07, 6.45) is 0. The van der Waals surface area contributed by atoms with Crippen LogP contribution in [0.15, 0.2) is 24.3 Å². The molecule has 8 heteroatoms. The van der Waals surface area contributed by atoms with Crippen molar-refractivity contribution >= 4 is 17.5 Å². The summed E-state index contributed by atoms with van der Waals surface area (Å²) in [7, 11) is 4.42. The van der Waals surface area contributed by atoms with Crippen LogP contribution >= 0.6 is 11.6 Å². The number of nitrogens with one attached hydrogen (secondary N) is 1. The molecule has 0 aromatic heterocycles. The Labute approximate surface area is 148 Å². The summed E-state index contributed by atoms with van der Waals surface area (Å²) in [5.74, 6) is -1.64. The molecule has 5 nitrogen and oxygen atoms in total. The van der Waals surface area contributed by atoms with Crippen LogP contribution in [0.2, 0.25) is 5.02 Å². The molecule has 0 aliphatic rings. The molecule has 0 unspecified atom stereocenters. The second-order valence-electron chi connectivity index (χ2n) is 4.96. The minimum Gasteiger partial charge on any atom is -0.493 e. The summed E-state index contributed by atoms with van der Waals surface area (Å²) in [4.78, 5) is 12.2. The lowest BCUT2D eigenvalue weighted by atomic mass is 10.1. The van der Waals surface area contributed by atoms with Crippen LogP contribution < -0.4 is 19.5 Å². The topological polar surface area (TPSA) is 56.8 Å². The fourth-order valence-corrected chi connectivity index (χ4v) is 2.45. The van der Waals surface area contributed by atoms with Crippen molar-refractivity contribution in [2.75, 3.05) is 21.3 Å². The van der Waals surface area contributed by atoms with Gasteiger partial charge in [-0.3, -0.25) is 4.79 Å². The zero-order chi connectivity index (χ0) is 18.6. The Morgan fingerprint density at radius 1 is 1.00 bits per heavy atom. The lowest BCUT2D eigenvalue weighted by Gasteiger charge is -2.14. The van der Waals surface area contributed by atoms with E-state index in [1.807, 2.05) is 0 Å². The maximum absolute atomic E-state index is 13.3. The second kappa shape index (κ2) is 8.02. The molecule has 1 amide bonds. The van der Waals surface area contributed by atoms with Crippen LogP contribution in [0.1, 0.15) is 15.9 Å². The Hall–Kier alpha value is -2.54. The van der Waals surface area contributed by atoms with Crippen molar-refractivity contribution < 1.29 is 27.8 Å². The number of rotatable bonds is 6.